The monoisotopic (exact) mass is 351 g/mol. The number of hydrogen-bond donors (Lipinski definition) is 1. The molecule has 0 spiro atoms. The summed E-state index contributed by atoms with van der Waals surface area (Å²) in [6, 6.07) is 9.70. The van der Waals surface area contributed by atoms with Crippen molar-refractivity contribution >= 4 is 11.7 Å². The van der Waals surface area contributed by atoms with Crippen LogP contribution < -0.4 is 0 Å². The number of aromatic amines is 1. The van der Waals surface area contributed by atoms with E-state index < -0.39 is 0 Å². The highest BCUT2D eigenvalue weighted by atomic mass is 16.2. The van der Waals surface area contributed by atoms with Gasteiger partial charge >= 0.3 is 0 Å². The Bertz CT molecular complexity index is 831. The highest BCUT2D eigenvalue weighted by molar-refractivity contribution is 6.06. The number of carbonyl (C=O) groups excluding carboxylic acids is 2. The molecule has 1 fully saturated rings. The van der Waals surface area contributed by atoms with Crippen molar-refractivity contribution in [1.82, 2.24) is 15.1 Å². The maximum absolute atomic E-state index is 13.0. The van der Waals surface area contributed by atoms with Gasteiger partial charge in [0, 0.05) is 36.7 Å². The van der Waals surface area contributed by atoms with Gasteiger partial charge in [-0.15, -0.1) is 0 Å². The summed E-state index contributed by atoms with van der Waals surface area (Å²) in [4.78, 5) is 27.1. The molecule has 1 aliphatic carbocycles. The normalized spacial score (nSPS) is 20.7. The Morgan fingerprint density at radius 2 is 1.96 bits per heavy atom. The zero-order valence-corrected chi connectivity index (χ0v) is 15.4. The number of nitrogens with zero attached hydrogens (tertiary/aromatic N) is 2. The molecule has 0 bridgehead atoms. The van der Waals surface area contributed by atoms with Gasteiger partial charge in [-0.1, -0.05) is 38.1 Å². The lowest BCUT2D eigenvalue weighted by molar-refractivity contribution is -0.133. The molecule has 1 amide bonds. The van der Waals surface area contributed by atoms with Crippen molar-refractivity contribution in [1.29, 1.82) is 0 Å². The van der Waals surface area contributed by atoms with E-state index in [0.29, 0.717) is 18.3 Å². The van der Waals surface area contributed by atoms with Gasteiger partial charge < -0.3 is 4.90 Å². The zero-order chi connectivity index (χ0) is 18.3. The largest absolute Gasteiger partial charge is 0.342 e. The summed E-state index contributed by atoms with van der Waals surface area (Å²) >= 11 is 0. The van der Waals surface area contributed by atoms with Crippen molar-refractivity contribution in [2.24, 2.45) is 0 Å². The zero-order valence-electron chi connectivity index (χ0n) is 15.4. The lowest BCUT2D eigenvalue weighted by Crippen LogP contribution is -2.40. The van der Waals surface area contributed by atoms with E-state index in [1.807, 2.05) is 29.2 Å². The van der Waals surface area contributed by atoms with Gasteiger partial charge in [-0.25, -0.2) is 0 Å². The molecule has 2 aromatic rings. The highest BCUT2D eigenvalue weighted by Gasteiger charge is 2.37. The van der Waals surface area contributed by atoms with E-state index in [9.17, 15) is 9.59 Å². The number of hydrogen-bond acceptors (Lipinski definition) is 3. The van der Waals surface area contributed by atoms with Gasteiger partial charge in [-0.3, -0.25) is 14.7 Å². The molecule has 0 unspecified atom stereocenters. The molecule has 1 aromatic carbocycles. The topological polar surface area (TPSA) is 66.1 Å². The summed E-state index contributed by atoms with van der Waals surface area (Å²) < 4.78 is 0. The number of piperidine rings is 1. The van der Waals surface area contributed by atoms with Crippen molar-refractivity contribution in [3.8, 4) is 0 Å². The molecule has 1 aliphatic heterocycles. The number of carbonyl (C=O) groups is 2. The average Bonchev–Trinajstić information content (AvgIpc) is 3.27. The van der Waals surface area contributed by atoms with Crippen LogP contribution >= 0.6 is 0 Å². The lowest BCUT2D eigenvalue weighted by Gasteiger charge is -2.33. The van der Waals surface area contributed by atoms with E-state index in [1.54, 1.807) is 0 Å². The van der Waals surface area contributed by atoms with Crippen molar-refractivity contribution in [2.75, 3.05) is 13.1 Å². The Morgan fingerprint density at radius 3 is 2.65 bits per heavy atom. The Labute approximate surface area is 153 Å². The molecular formula is C21H25N3O2. The second-order valence-electron chi connectivity index (χ2n) is 7.77. The Hall–Kier alpha value is -2.43. The fourth-order valence-electron chi connectivity index (χ4n) is 4.17. The summed E-state index contributed by atoms with van der Waals surface area (Å²) in [7, 11) is 0. The molecule has 4 rings (SSSR count). The van der Waals surface area contributed by atoms with E-state index in [2.05, 4.69) is 30.1 Å². The van der Waals surface area contributed by atoms with Crippen molar-refractivity contribution in [3.05, 3.63) is 52.8 Å². The van der Waals surface area contributed by atoms with E-state index in [4.69, 9.17) is 0 Å². The first kappa shape index (κ1) is 17.0. The third-order valence-corrected chi connectivity index (χ3v) is 5.78. The van der Waals surface area contributed by atoms with Crippen LogP contribution in [0.5, 0.6) is 0 Å². The summed E-state index contributed by atoms with van der Waals surface area (Å²) in [6.07, 6.45) is 2.19. The number of nitrogens with one attached hydrogen (secondary N) is 1. The molecule has 2 heterocycles. The number of H-pyrrole nitrogens is 1. The van der Waals surface area contributed by atoms with E-state index in [0.717, 1.165) is 42.8 Å². The van der Waals surface area contributed by atoms with Crippen LogP contribution in [0.3, 0.4) is 0 Å². The lowest BCUT2D eigenvalue weighted by atomic mass is 9.91. The molecule has 0 radical (unpaired) electrons. The molecule has 1 N–H and O–H groups in total. The smallest absolute Gasteiger partial charge is 0.230 e. The van der Waals surface area contributed by atoms with Crippen LogP contribution in [0.25, 0.3) is 0 Å². The Kier molecular flexibility index (Phi) is 4.39. The predicted octanol–water partition coefficient (Wildman–Crippen LogP) is 3.61. The van der Waals surface area contributed by atoms with Crippen molar-refractivity contribution in [3.63, 3.8) is 0 Å². The first-order chi connectivity index (χ1) is 12.5. The van der Waals surface area contributed by atoms with Gasteiger partial charge in [-0.05, 0) is 30.4 Å². The second kappa shape index (κ2) is 6.71. The number of benzene rings is 1. The molecule has 26 heavy (non-hydrogen) atoms. The van der Waals surface area contributed by atoms with Gasteiger partial charge in [0.2, 0.25) is 5.91 Å². The second-order valence-corrected chi connectivity index (χ2v) is 7.77. The number of ketones is 1. The molecule has 1 aromatic heterocycles. The predicted molar refractivity (Wildman–Crippen MR) is 99.4 cm³/mol. The van der Waals surface area contributed by atoms with Crippen molar-refractivity contribution in [2.45, 2.75) is 50.9 Å². The molecule has 1 atom stereocenters. The van der Waals surface area contributed by atoms with Gasteiger partial charge in [0.25, 0.3) is 0 Å². The third-order valence-electron chi connectivity index (χ3n) is 5.78. The number of Topliss-reactive ketones (excluding diaryl/α,β-unsaturated/α-hetero) is 1. The van der Waals surface area contributed by atoms with E-state index >= 15 is 0 Å². The quantitative estimate of drug-likeness (QED) is 0.919. The Morgan fingerprint density at radius 1 is 1.23 bits per heavy atom. The molecule has 0 saturated carbocycles. The molecule has 136 valence electrons. The molecule has 1 saturated heterocycles. The molecule has 5 heteroatoms. The van der Waals surface area contributed by atoms with Crippen LogP contribution in [0.15, 0.2) is 30.3 Å². The van der Waals surface area contributed by atoms with E-state index in [-0.39, 0.29) is 17.6 Å². The van der Waals surface area contributed by atoms with Gasteiger partial charge in [0.1, 0.15) is 0 Å². The SMILES string of the molecule is CC(C)c1cc(C2CCN(C(=O)[C@H]3CC(=O)c4ccccc43)CC2)[nH]n1. The summed E-state index contributed by atoms with van der Waals surface area (Å²) in [5, 5.41) is 7.58. The average molecular weight is 351 g/mol. The van der Waals surface area contributed by atoms with Gasteiger partial charge in [-0.2, -0.15) is 5.10 Å². The summed E-state index contributed by atoms with van der Waals surface area (Å²) in [5.74, 6) is 0.745. The summed E-state index contributed by atoms with van der Waals surface area (Å²) in [6.45, 7) is 5.77. The van der Waals surface area contributed by atoms with Crippen LogP contribution in [0.4, 0.5) is 0 Å². The van der Waals surface area contributed by atoms with Crippen molar-refractivity contribution < 1.29 is 9.59 Å². The number of rotatable bonds is 3. The van der Waals surface area contributed by atoms with Crippen LogP contribution in [-0.4, -0.2) is 39.9 Å². The van der Waals surface area contributed by atoms with Crippen LogP contribution in [0.2, 0.25) is 0 Å². The standard InChI is InChI=1S/C21H25N3O2/c1-13(2)18-12-19(23-22-18)14-7-9-24(10-8-14)21(26)17-11-20(25)16-6-4-3-5-15(16)17/h3-6,12-14,17H,7-11H2,1-2H3,(H,22,23)/t17-/m0/s1. The molecule has 5 nitrogen and oxygen atoms in total. The maximum Gasteiger partial charge on any atom is 0.230 e. The van der Waals surface area contributed by atoms with Gasteiger partial charge in [0.15, 0.2) is 5.78 Å². The number of likely N-dealkylation sites (tertiary alicyclic amines) is 1. The minimum Gasteiger partial charge on any atom is -0.342 e. The third kappa shape index (κ3) is 2.96. The van der Waals surface area contributed by atoms with Crippen LogP contribution in [0.1, 0.15) is 78.2 Å². The number of aromatic nitrogens is 2. The fraction of sp³-hybridized carbons (Fsp3) is 0.476. The first-order valence-corrected chi connectivity index (χ1v) is 9.50. The summed E-state index contributed by atoms with van der Waals surface area (Å²) in [5.41, 5.74) is 3.90. The fourth-order valence-corrected chi connectivity index (χ4v) is 4.17. The van der Waals surface area contributed by atoms with Gasteiger partial charge in [0.05, 0.1) is 11.6 Å². The number of fused-ring (bicyclic) bond motifs is 1. The minimum absolute atomic E-state index is 0.0903. The maximum atomic E-state index is 13.0. The molecule has 2 aliphatic rings. The first-order valence-electron chi connectivity index (χ1n) is 9.50. The highest BCUT2D eigenvalue weighted by Crippen LogP contribution is 2.36. The van der Waals surface area contributed by atoms with Crippen LogP contribution in [-0.2, 0) is 4.79 Å². The van der Waals surface area contributed by atoms with E-state index in [1.165, 1.54) is 5.69 Å². The molecular weight excluding hydrogens is 326 g/mol. The van der Waals surface area contributed by atoms with Crippen LogP contribution in [0, 0.1) is 0 Å². The Balaban J connectivity index is 1.42. The number of amides is 1. The minimum atomic E-state index is -0.296.